The molecule has 0 aromatic heterocycles. The van der Waals surface area contributed by atoms with Gasteiger partial charge in [0.15, 0.2) is 0 Å². The maximum atomic E-state index is 10.2. The summed E-state index contributed by atoms with van der Waals surface area (Å²) in [7, 11) is 0. The molecule has 2 aliphatic heterocycles. The molecule has 8 atom stereocenters. The van der Waals surface area contributed by atoms with Crippen molar-refractivity contribution in [2.45, 2.75) is 48.2 Å². The van der Waals surface area contributed by atoms with E-state index < -0.39 is 74.6 Å². The molecule has 0 aliphatic carbocycles. The summed E-state index contributed by atoms with van der Waals surface area (Å²) < 4.78 is 15.1. The molecule has 0 aromatic rings. The lowest BCUT2D eigenvalue weighted by atomic mass is 9.97. The van der Waals surface area contributed by atoms with Crippen LogP contribution in [0.15, 0.2) is 0 Å². The van der Waals surface area contributed by atoms with Gasteiger partial charge in [-0.25, -0.2) is 0 Å². The van der Waals surface area contributed by atoms with Gasteiger partial charge < -0.3 is 55.1 Å². The minimum absolute atomic E-state index is 0.456. The van der Waals surface area contributed by atoms with Crippen LogP contribution in [0.1, 0.15) is 0 Å². The molecule has 23 heavy (non-hydrogen) atoms. The van der Waals surface area contributed by atoms with E-state index in [0.29, 0.717) is 0 Å². The van der Waals surface area contributed by atoms with E-state index in [2.05, 4.69) is 0 Å². The predicted molar refractivity (Wildman–Crippen MR) is 68.7 cm³/mol. The normalized spacial score (nSPS) is 51.1. The van der Waals surface area contributed by atoms with Crippen LogP contribution in [0.3, 0.4) is 0 Å². The second kappa shape index (κ2) is 6.82. The second-order valence-electron chi connectivity index (χ2n) is 5.69. The van der Waals surface area contributed by atoms with Crippen molar-refractivity contribution in [3.8, 4) is 0 Å². The molecule has 0 saturated carbocycles. The first-order valence-corrected chi connectivity index (χ1v) is 7.01. The summed E-state index contributed by atoms with van der Waals surface area (Å²) in [5, 5.41) is 77.0. The van der Waals surface area contributed by atoms with Crippen molar-refractivity contribution in [3.05, 3.63) is 0 Å². The Morgan fingerprint density at radius 3 is 2.17 bits per heavy atom. The number of hydrogen-bond acceptors (Lipinski definition) is 11. The Morgan fingerprint density at radius 1 is 1.00 bits per heavy atom. The van der Waals surface area contributed by atoms with E-state index in [1.165, 1.54) is 0 Å². The van der Waals surface area contributed by atoms with E-state index in [0.717, 1.165) is 0 Å². The smallest absolute Gasteiger partial charge is 0.221 e. The quantitative estimate of drug-likeness (QED) is 0.238. The largest absolute Gasteiger partial charge is 0.394 e. The molecular weight excluding hydrogens is 320 g/mol. The number of aliphatic hydroxyl groups excluding tert-OH is 7. The average molecular weight is 342 g/mol. The standard InChI is InChI=1S/C12H22O11/c13-1-6-8(17)9(18)11(20,23-6)4-22-12(3-14)10(19)7(16)5(15)2-21-12/h5-10,13-20H,1-4H2/t5-,6-,7-,8-,9+,10+,11?,12+/m1/s1. The van der Waals surface area contributed by atoms with Gasteiger partial charge in [-0.15, -0.1) is 0 Å². The topological polar surface area (TPSA) is 190 Å². The van der Waals surface area contributed by atoms with Gasteiger partial charge in [0, 0.05) is 0 Å². The van der Waals surface area contributed by atoms with Crippen LogP contribution >= 0.6 is 0 Å². The molecule has 0 spiro atoms. The highest BCUT2D eigenvalue weighted by Crippen LogP contribution is 2.33. The molecule has 8 N–H and O–H groups in total. The molecular formula is C12H22O11. The molecule has 2 saturated heterocycles. The van der Waals surface area contributed by atoms with Gasteiger partial charge in [0.05, 0.1) is 13.2 Å². The zero-order valence-corrected chi connectivity index (χ0v) is 12.1. The van der Waals surface area contributed by atoms with Gasteiger partial charge in [-0.1, -0.05) is 0 Å². The van der Waals surface area contributed by atoms with Crippen molar-refractivity contribution in [3.63, 3.8) is 0 Å². The fraction of sp³-hybridized carbons (Fsp3) is 1.00. The monoisotopic (exact) mass is 342 g/mol. The van der Waals surface area contributed by atoms with Crippen molar-refractivity contribution in [1.82, 2.24) is 0 Å². The third-order valence-corrected chi connectivity index (χ3v) is 4.11. The van der Waals surface area contributed by atoms with Crippen LogP contribution in [0, 0.1) is 0 Å². The van der Waals surface area contributed by atoms with Crippen LogP contribution in [-0.4, -0.2) is 115 Å². The summed E-state index contributed by atoms with van der Waals surface area (Å²) in [6.07, 6.45) is -9.58. The van der Waals surface area contributed by atoms with Gasteiger partial charge in [0.25, 0.3) is 0 Å². The molecule has 11 heteroatoms. The Labute approximate surface area is 130 Å². The summed E-state index contributed by atoms with van der Waals surface area (Å²) in [6, 6.07) is 0. The number of ether oxygens (including phenoxy) is 3. The fourth-order valence-electron chi connectivity index (χ4n) is 2.55. The summed E-state index contributed by atoms with van der Waals surface area (Å²) in [6.45, 7) is -2.92. The van der Waals surface area contributed by atoms with Crippen molar-refractivity contribution in [1.29, 1.82) is 0 Å². The maximum absolute atomic E-state index is 10.2. The minimum Gasteiger partial charge on any atom is -0.394 e. The summed E-state index contributed by atoms with van der Waals surface area (Å²) in [5.41, 5.74) is 0. The SMILES string of the molecule is OC[C@H]1OC(O)(CO[C@]2(CO)OC[C@@H](O)[C@@H](O)[C@@H]2O)[C@@H](O)[C@@H]1O. The lowest BCUT2D eigenvalue weighted by molar-refractivity contribution is -0.373. The van der Waals surface area contributed by atoms with Gasteiger partial charge in [0.2, 0.25) is 11.6 Å². The molecule has 2 aliphatic rings. The lowest BCUT2D eigenvalue weighted by Crippen LogP contribution is -2.65. The van der Waals surface area contributed by atoms with Crippen molar-refractivity contribution < 1.29 is 55.1 Å². The Hall–Kier alpha value is -0.440. The van der Waals surface area contributed by atoms with Crippen LogP contribution in [-0.2, 0) is 14.2 Å². The molecule has 0 amide bonds. The van der Waals surface area contributed by atoms with Crippen LogP contribution in [0.25, 0.3) is 0 Å². The average Bonchev–Trinajstić information content (AvgIpc) is 2.77. The molecule has 11 nitrogen and oxygen atoms in total. The number of hydrogen-bond donors (Lipinski definition) is 8. The molecule has 2 heterocycles. The highest BCUT2D eigenvalue weighted by atomic mass is 16.7. The second-order valence-corrected chi connectivity index (χ2v) is 5.69. The molecule has 2 rings (SSSR count). The Morgan fingerprint density at radius 2 is 1.65 bits per heavy atom. The molecule has 1 unspecified atom stereocenters. The first-order valence-electron chi connectivity index (χ1n) is 7.01. The van der Waals surface area contributed by atoms with E-state index in [4.69, 9.17) is 19.3 Å². The molecule has 0 radical (unpaired) electrons. The summed E-state index contributed by atoms with van der Waals surface area (Å²) in [4.78, 5) is 0. The highest BCUT2D eigenvalue weighted by Gasteiger charge is 2.57. The molecule has 2 fully saturated rings. The van der Waals surface area contributed by atoms with Crippen LogP contribution in [0.4, 0.5) is 0 Å². The van der Waals surface area contributed by atoms with Gasteiger partial charge in [0.1, 0.15) is 49.8 Å². The first kappa shape index (κ1) is 18.9. The third kappa shape index (κ3) is 3.23. The van der Waals surface area contributed by atoms with E-state index in [-0.39, 0.29) is 0 Å². The van der Waals surface area contributed by atoms with Crippen molar-refractivity contribution in [2.24, 2.45) is 0 Å². The van der Waals surface area contributed by atoms with E-state index in [1.807, 2.05) is 0 Å². The van der Waals surface area contributed by atoms with E-state index in [9.17, 15) is 35.7 Å². The zero-order chi connectivity index (χ0) is 17.4. The van der Waals surface area contributed by atoms with Gasteiger partial charge in [-0.2, -0.15) is 0 Å². The molecule has 0 bridgehead atoms. The minimum atomic E-state index is -2.43. The summed E-state index contributed by atoms with van der Waals surface area (Å²) >= 11 is 0. The maximum Gasteiger partial charge on any atom is 0.221 e. The van der Waals surface area contributed by atoms with Gasteiger partial charge >= 0.3 is 0 Å². The molecule has 0 aromatic carbocycles. The van der Waals surface area contributed by atoms with Gasteiger partial charge in [-0.3, -0.25) is 0 Å². The zero-order valence-electron chi connectivity index (χ0n) is 12.1. The molecule has 136 valence electrons. The van der Waals surface area contributed by atoms with Crippen LogP contribution in [0.2, 0.25) is 0 Å². The van der Waals surface area contributed by atoms with Crippen molar-refractivity contribution in [2.75, 3.05) is 26.4 Å². The van der Waals surface area contributed by atoms with Gasteiger partial charge in [-0.05, 0) is 0 Å². The predicted octanol–water partition coefficient (Wildman–Crippen LogP) is -5.39. The Balaban J connectivity index is 2.09. The number of aliphatic hydroxyl groups is 8. The van der Waals surface area contributed by atoms with E-state index in [1.54, 1.807) is 0 Å². The van der Waals surface area contributed by atoms with E-state index >= 15 is 0 Å². The Kier molecular flexibility index (Phi) is 5.60. The highest BCUT2D eigenvalue weighted by molar-refractivity contribution is 4.97. The van der Waals surface area contributed by atoms with Crippen LogP contribution < -0.4 is 0 Å². The fourth-order valence-corrected chi connectivity index (χ4v) is 2.55. The summed E-state index contributed by atoms with van der Waals surface area (Å²) in [5.74, 6) is -4.60. The van der Waals surface area contributed by atoms with Crippen LogP contribution in [0.5, 0.6) is 0 Å². The Bertz CT molecular complexity index is 408. The third-order valence-electron chi connectivity index (χ3n) is 4.11. The number of rotatable bonds is 5. The van der Waals surface area contributed by atoms with Crippen molar-refractivity contribution >= 4 is 0 Å². The first-order chi connectivity index (χ1) is 10.7. The lowest BCUT2D eigenvalue weighted by Gasteiger charge is -2.44.